The van der Waals surface area contributed by atoms with Gasteiger partial charge in [0.1, 0.15) is 5.82 Å². The molecule has 3 rings (SSSR count). The molecule has 140 valence electrons. The number of carbonyl (C=O) groups excluding carboxylic acids is 1. The summed E-state index contributed by atoms with van der Waals surface area (Å²) in [5, 5.41) is 0. The molecule has 0 atom stereocenters. The van der Waals surface area contributed by atoms with Crippen molar-refractivity contribution in [3.8, 4) is 0 Å². The number of hydrogen-bond donors (Lipinski definition) is 2. The van der Waals surface area contributed by atoms with Gasteiger partial charge in [-0.05, 0) is 43.0 Å². The van der Waals surface area contributed by atoms with Gasteiger partial charge in [-0.25, -0.2) is 4.98 Å². The fourth-order valence-corrected chi connectivity index (χ4v) is 2.76. The molecule has 2 N–H and O–H groups in total. The van der Waals surface area contributed by atoms with Crippen LogP contribution in [0.3, 0.4) is 0 Å². The molecule has 1 aromatic carbocycles. The molecule has 0 saturated heterocycles. The monoisotopic (exact) mass is 373 g/mol. The van der Waals surface area contributed by atoms with Gasteiger partial charge in [0.05, 0.1) is 5.56 Å². The summed E-state index contributed by atoms with van der Waals surface area (Å²) in [5.41, 5.74) is 6.94. The average molecular weight is 373 g/mol. The van der Waals surface area contributed by atoms with Crippen LogP contribution in [0.15, 0.2) is 66.0 Å². The zero-order valence-electron chi connectivity index (χ0n) is 14.4. The Morgan fingerprint density at radius 2 is 1.74 bits per heavy atom. The van der Waals surface area contributed by atoms with Crippen LogP contribution >= 0.6 is 0 Å². The predicted octanol–water partition coefficient (Wildman–Crippen LogP) is 4.74. The van der Waals surface area contributed by atoms with E-state index >= 15 is 0 Å². The van der Waals surface area contributed by atoms with Crippen LogP contribution in [0.25, 0.3) is 6.08 Å². The van der Waals surface area contributed by atoms with E-state index in [1.54, 1.807) is 6.20 Å². The maximum Gasteiger partial charge on any atom is 0.417 e. The van der Waals surface area contributed by atoms with Gasteiger partial charge in [0.2, 0.25) is 0 Å². The van der Waals surface area contributed by atoms with E-state index in [1.807, 2.05) is 36.4 Å². The first-order valence-electron chi connectivity index (χ1n) is 8.47. The molecule has 0 unspecified atom stereocenters. The first-order chi connectivity index (χ1) is 12.9. The van der Waals surface area contributed by atoms with Crippen LogP contribution in [0.1, 0.15) is 30.4 Å². The maximum absolute atomic E-state index is 12.6. The molecule has 1 saturated carbocycles. The lowest BCUT2D eigenvalue weighted by Gasteiger charge is -2.17. The largest absolute Gasteiger partial charge is 0.417 e. The average Bonchev–Trinajstić information content (AvgIpc) is 2.65. The molecule has 0 aliphatic heterocycles. The number of benzene rings is 1. The molecule has 27 heavy (non-hydrogen) atoms. The molecule has 1 aromatic heterocycles. The number of nitrogens with one attached hydrogen (secondary N) is 2. The number of hydrogen-bond acceptors (Lipinski definition) is 4. The Morgan fingerprint density at radius 1 is 1.00 bits per heavy atom. The Labute approximate surface area is 154 Å². The number of nitrogens with zero attached hydrogens (tertiary/aromatic N) is 1. The first kappa shape index (κ1) is 18.7. The van der Waals surface area contributed by atoms with E-state index in [0.29, 0.717) is 12.0 Å². The molecular weight excluding hydrogens is 355 g/mol. The maximum atomic E-state index is 12.6. The van der Waals surface area contributed by atoms with Crippen molar-refractivity contribution in [3.05, 3.63) is 77.1 Å². The number of alkyl halides is 3. The van der Waals surface area contributed by atoms with Gasteiger partial charge >= 0.3 is 6.18 Å². The third-order valence-electron chi connectivity index (χ3n) is 4.15. The van der Waals surface area contributed by atoms with Crippen molar-refractivity contribution >= 4 is 17.7 Å². The highest BCUT2D eigenvalue weighted by Crippen LogP contribution is 2.29. The molecule has 4 nitrogen and oxygen atoms in total. The van der Waals surface area contributed by atoms with Gasteiger partial charge in [-0.3, -0.25) is 10.2 Å². The van der Waals surface area contributed by atoms with Crippen LogP contribution < -0.4 is 10.9 Å². The third kappa shape index (κ3) is 4.97. The molecule has 1 aliphatic rings. The number of anilines is 1. The number of Topliss-reactive ketones (excluding diaryl/α,β-unsaturated/α-hetero) is 1. The van der Waals surface area contributed by atoms with Crippen molar-refractivity contribution in [2.24, 2.45) is 0 Å². The summed E-state index contributed by atoms with van der Waals surface area (Å²) in [7, 11) is 0. The van der Waals surface area contributed by atoms with Crippen LogP contribution in [0.4, 0.5) is 19.0 Å². The molecular formula is C20H18F3N3O. The zero-order chi connectivity index (χ0) is 19.3. The van der Waals surface area contributed by atoms with Gasteiger partial charge in [-0.1, -0.05) is 30.3 Å². The van der Waals surface area contributed by atoms with Gasteiger partial charge in [0, 0.05) is 23.5 Å². The molecule has 0 amide bonds. The number of carbonyl (C=O) groups is 1. The third-order valence-corrected chi connectivity index (χ3v) is 4.15. The van der Waals surface area contributed by atoms with Gasteiger partial charge in [-0.15, -0.1) is 0 Å². The van der Waals surface area contributed by atoms with Crippen LogP contribution in [-0.4, -0.2) is 10.8 Å². The number of allylic oxidation sites excluding steroid dienone is 2. The fraction of sp³-hybridized carbons (Fsp3) is 0.200. The van der Waals surface area contributed by atoms with Crippen molar-refractivity contribution in [3.63, 3.8) is 0 Å². The van der Waals surface area contributed by atoms with Crippen molar-refractivity contribution in [1.29, 1.82) is 0 Å². The topological polar surface area (TPSA) is 54.0 Å². The van der Waals surface area contributed by atoms with E-state index in [0.717, 1.165) is 36.2 Å². The van der Waals surface area contributed by atoms with Crippen molar-refractivity contribution in [1.82, 2.24) is 10.4 Å². The quantitative estimate of drug-likeness (QED) is 0.601. The first-order valence-corrected chi connectivity index (χ1v) is 8.47. The second kappa shape index (κ2) is 8.07. The second-order valence-electron chi connectivity index (χ2n) is 6.13. The Kier molecular flexibility index (Phi) is 5.59. The smallest absolute Gasteiger partial charge is 0.307 e. The predicted molar refractivity (Wildman–Crippen MR) is 97.4 cm³/mol. The number of rotatable bonds is 4. The highest BCUT2D eigenvalue weighted by atomic mass is 19.4. The molecule has 2 aromatic rings. The minimum atomic E-state index is -4.42. The van der Waals surface area contributed by atoms with Crippen molar-refractivity contribution in [2.75, 3.05) is 5.43 Å². The lowest BCUT2D eigenvalue weighted by molar-refractivity contribution is -0.137. The normalized spacial score (nSPS) is 18.0. The summed E-state index contributed by atoms with van der Waals surface area (Å²) < 4.78 is 37.6. The molecule has 1 fully saturated rings. The Morgan fingerprint density at radius 3 is 2.41 bits per heavy atom. The second-order valence-corrected chi connectivity index (χ2v) is 6.13. The van der Waals surface area contributed by atoms with E-state index in [9.17, 15) is 18.0 Å². The van der Waals surface area contributed by atoms with Crippen LogP contribution in [0, 0.1) is 0 Å². The molecule has 1 aliphatic carbocycles. The van der Waals surface area contributed by atoms with E-state index < -0.39 is 11.7 Å². The summed E-state index contributed by atoms with van der Waals surface area (Å²) in [6.45, 7) is 0. The number of ketones is 1. The minimum Gasteiger partial charge on any atom is -0.307 e. The van der Waals surface area contributed by atoms with E-state index in [-0.39, 0.29) is 11.6 Å². The lowest BCUT2D eigenvalue weighted by Crippen LogP contribution is -2.20. The minimum absolute atomic E-state index is 0.0280. The Hall–Kier alpha value is -3.09. The molecule has 0 radical (unpaired) electrons. The number of pyridine rings is 1. The van der Waals surface area contributed by atoms with Gasteiger partial charge in [0.15, 0.2) is 5.78 Å². The van der Waals surface area contributed by atoms with Gasteiger partial charge < -0.3 is 5.43 Å². The summed E-state index contributed by atoms with van der Waals surface area (Å²) in [4.78, 5) is 16.3. The van der Waals surface area contributed by atoms with E-state index in [1.165, 1.54) is 6.07 Å². The number of hydrazine groups is 1. The summed E-state index contributed by atoms with van der Waals surface area (Å²) in [5.74, 6) is 0.197. The molecule has 0 bridgehead atoms. The Balaban J connectivity index is 1.63. The van der Waals surface area contributed by atoms with Crippen molar-refractivity contribution in [2.45, 2.75) is 25.4 Å². The molecule has 7 heteroatoms. The Bertz CT molecular complexity index is 856. The fourth-order valence-electron chi connectivity index (χ4n) is 2.76. The highest BCUT2D eigenvalue weighted by molar-refractivity contribution is 6.11. The van der Waals surface area contributed by atoms with E-state index in [2.05, 4.69) is 15.8 Å². The van der Waals surface area contributed by atoms with Gasteiger partial charge in [-0.2, -0.15) is 13.2 Å². The summed E-state index contributed by atoms with van der Waals surface area (Å²) >= 11 is 0. The number of aromatic nitrogens is 1. The SMILES string of the molecule is O=C1C(=Cc2ccccc2)CCC/C1=C\NNc1ccc(C(F)(F)F)cn1. The highest BCUT2D eigenvalue weighted by Gasteiger charge is 2.30. The summed E-state index contributed by atoms with van der Waals surface area (Å²) in [6.07, 6.45) is 1.98. The van der Waals surface area contributed by atoms with Crippen LogP contribution in [0.5, 0.6) is 0 Å². The summed E-state index contributed by atoms with van der Waals surface area (Å²) in [6, 6.07) is 11.8. The van der Waals surface area contributed by atoms with Crippen molar-refractivity contribution < 1.29 is 18.0 Å². The van der Waals surface area contributed by atoms with Crippen LogP contribution in [-0.2, 0) is 11.0 Å². The van der Waals surface area contributed by atoms with Crippen LogP contribution in [0.2, 0.25) is 0 Å². The number of halogens is 3. The standard InChI is InChI=1S/C20H18F3N3O/c21-20(22,23)17-9-10-18(24-13-17)26-25-12-16-8-4-7-15(19(16)27)11-14-5-2-1-3-6-14/h1-3,5-6,9-13,25H,4,7-8H2,(H,24,26)/b15-11?,16-12+. The zero-order valence-corrected chi connectivity index (χ0v) is 14.4. The molecule has 0 spiro atoms. The van der Waals surface area contributed by atoms with Gasteiger partial charge in [0.25, 0.3) is 0 Å². The lowest BCUT2D eigenvalue weighted by atomic mass is 9.88. The van der Waals surface area contributed by atoms with E-state index in [4.69, 9.17) is 0 Å². The molecule has 1 heterocycles.